The number of benzene rings is 1. The van der Waals surface area contributed by atoms with E-state index in [9.17, 15) is 4.79 Å². The van der Waals surface area contributed by atoms with Crippen molar-refractivity contribution in [2.24, 2.45) is 0 Å². The van der Waals surface area contributed by atoms with Gasteiger partial charge in [-0.2, -0.15) is 0 Å². The molecule has 0 aliphatic heterocycles. The van der Waals surface area contributed by atoms with Crippen LogP contribution in [0.2, 0.25) is 0 Å². The van der Waals surface area contributed by atoms with Crippen LogP contribution < -0.4 is 5.32 Å². The zero-order valence-corrected chi connectivity index (χ0v) is 14.6. The summed E-state index contributed by atoms with van der Waals surface area (Å²) in [6.07, 6.45) is 1.27. The van der Waals surface area contributed by atoms with E-state index in [2.05, 4.69) is 24.0 Å². The zero-order chi connectivity index (χ0) is 15.9. The number of hydrogen-bond donors (Lipinski definition) is 1. The van der Waals surface area contributed by atoms with Gasteiger partial charge in [0.15, 0.2) is 0 Å². The molecule has 2 nitrogen and oxygen atoms in total. The second-order valence-electron chi connectivity index (χ2n) is 5.81. The molecule has 1 amide bonds. The number of carbonyl (C=O) groups is 1. The maximum atomic E-state index is 12.6. The first-order valence-corrected chi connectivity index (χ1v) is 8.95. The number of aryl methyl sites for hydroxylation is 1. The molecule has 0 bridgehead atoms. The van der Waals surface area contributed by atoms with E-state index in [0.29, 0.717) is 18.4 Å². The first-order chi connectivity index (χ1) is 10.5. The third-order valence-electron chi connectivity index (χ3n) is 4.09. The van der Waals surface area contributed by atoms with Gasteiger partial charge in [-0.15, -0.1) is 34.5 Å². The summed E-state index contributed by atoms with van der Waals surface area (Å²) < 4.78 is 1.12. The number of carbonyl (C=O) groups excluding carboxylic acids is 1. The maximum absolute atomic E-state index is 12.6. The second-order valence-corrected chi connectivity index (χ2v) is 7.81. The Kier molecular flexibility index (Phi) is 4.49. The lowest BCUT2D eigenvalue weighted by atomic mass is 9.90. The molecule has 1 N–H and O–H groups in total. The Hall–Kier alpha value is -1.03. The Morgan fingerprint density at radius 1 is 1.41 bits per heavy atom. The fraction of sp³-hybridized carbons (Fsp3) is 0.353. The van der Waals surface area contributed by atoms with E-state index < -0.39 is 0 Å². The second kappa shape index (κ2) is 6.23. The van der Waals surface area contributed by atoms with Gasteiger partial charge in [-0.05, 0) is 31.9 Å². The van der Waals surface area contributed by atoms with Gasteiger partial charge in [0.25, 0.3) is 5.91 Å². The van der Waals surface area contributed by atoms with Crippen molar-refractivity contribution >= 4 is 50.5 Å². The molecule has 1 saturated carbocycles. The van der Waals surface area contributed by atoms with Crippen LogP contribution in [0.1, 0.15) is 28.8 Å². The number of rotatable bonds is 2. The van der Waals surface area contributed by atoms with E-state index >= 15 is 0 Å². The Morgan fingerprint density at radius 3 is 2.95 bits per heavy atom. The zero-order valence-electron chi connectivity index (χ0n) is 12.2. The van der Waals surface area contributed by atoms with Gasteiger partial charge < -0.3 is 5.32 Å². The van der Waals surface area contributed by atoms with Crippen molar-refractivity contribution in [1.29, 1.82) is 0 Å². The topological polar surface area (TPSA) is 29.1 Å². The third-order valence-corrected chi connectivity index (χ3v) is 6.00. The van der Waals surface area contributed by atoms with Gasteiger partial charge in [0.05, 0.1) is 16.3 Å². The number of allylic oxidation sites excluding steroid dienone is 1. The fourth-order valence-electron chi connectivity index (χ4n) is 2.77. The van der Waals surface area contributed by atoms with Crippen molar-refractivity contribution < 1.29 is 4.79 Å². The van der Waals surface area contributed by atoms with E-state index in [1.54, 1.807) is 11.3 Å². The van der Waals surface area contributed by atoms with Crippen LogP contribution >= 0.6 is 34.5 Å². The van der Waals surface area contributed by atoms with Crippen molar-refractivity contribution in [2.75, 3.05) is 0 Å². The standard InChI is InChI=1S/C17H17Cl2NOS/c1-9-3-4-16-11(5-9)12(8-22-16)17(21)20-15-7-13(18)10(2)6-14(15)19/h3-5,8,13-15H,2,6-7H2,1H3,(H,20,21). The molecule has 1 heterocycles. The predicted octanol–water partition coefficient (Wildman–Crippen LogP) is 4.87. The van der Waals surface area contributed by atoms with Gasteiger partial charge >= 0.3 is 0 Å². The van der Waals surface area contributed by atoms with Crippen molar-refractivity contribution in [3.8, 4) is 0 Å². The van der Waals surface area contributed by atoms with Crippen LogP contribution in [-0.2, 0) is 0 Å². The predicted molar refractivity (Wildman–Crippen MR) is 95.5 cm³/mol. The molecule has 1 aromatic heterocycles. The molecule has 22 heavy (non-hydrogen) atoms. The molecule has 3 unspecified atom stereocenters. The summed E-state index contributed by atoms with van der Waals surface area (Å²) in [5.41, 5.74) is 2.80. The summed E-state index contributed by atoms with van der Waals surface area (Å²) in [4.78, 5) is 12.6. The number of alkyl halides is 2. The molecule has 1 aliphatic rings. The van der Waals surface area contributed by atoms with Crippen molar-refractivity contribution in [1.82, 2.24) is 5.32 Å². The molecule has 2 aromatic rings. The lowest BCUT2D eigenvalue weighted by Crippen LogP contribution is -2.45. The van der Waals surface area contributed by atoms with Crippen LogP contribution in [0.15, 0.2) is 35.7 Å². The molecule has 0 radical (unpaired) electrons. The molecule has 5 heteroatoms. The number of halogens is 2. The van der Waals surface area contributed by atoms with Crippen LogP contribution in [0.3, 0.4) is 0 Å². The Balaban J connectivity index is 1.81. The highest BCUT2D eigenvalue weighted by Gasteiger charge is 2.32. The van der Waals surface area contributed by atoms with E-state index in [-0.39, 0.29) is 22.7 Å². The van der Waals surface area contributed by atoms with E-state index in [1.165, 1.54) is 0 Å². The van der Waals surface area contributed by atoms with Crippen LogP contribution in [0, 0.1) is 6.92 Å². The highest BCUT2D eigenvalue weighted by atomic mass is 35.5. The van der Waals surface area contributed by atoms with Crippen molar-refractivity contribution in [3.63, 3.8) is 0 Å². The highest BCUT2D eigenvalue weighted by molar-refractivity contribution is 7.17. The number of hydrogen-bond acceptors (Lipinski definition) is 2. The Bertz CT molecular complexity index is 739. The van der Waals surface area contributed by atoms with Gasteiger partial charge in [0.2, 0.25) is 0 Å². The van der Waals surface area contributed by atoms with Crippen molar-refractivity contribution in [3.05, 3.63) is 46.9 Å². The van der Waals surface area contributed by atoms with Gasteiger partial charge in [0.1, 0.15) is 0 Å². The van der Waals surface area contributed by atoms with Crippen LogP contribution in [0.4, 0.5) is 0 Å². The molecule has 1 aromatic carbocycles. The summed E-state index contributed by atoms with van der Waals surface area (Å²) in [6, 6.07) is 6.03. The number of thiophene rings is 1. The minimum Gasteiger partial charge on any atom is -0.348 e. The largest absolute Gasteiger partial charge is 0.348 e. The minimum atomic E-state index is -0.155. The van der Waals surface area contributed by atoms with Crippen molar-refractivity contribution in [2.45, 2.75) is 36.6 Å². The fourth-order valence-corrected chi connectivity index (χ4v) is 4.34. The molecule has 0 spiro atoms. The smallest absolute Gasteiger partial charge is 0.253 e. The monoisotopic (exact) mass is 353 g/mol. The minimum absolute atomic E-state index is 0.0797. The molecule has 0 saturated heterocycles. The van der Waals surface area contributed by atoms with Crippen LogP contribution in [0.25, 0.3) is 10.1 Å². The van der Waals surface area contributed by atoms with Crippen LogP contribution in [-0.4, -0.2) is 22.7 Å². The van der Waals surface area contributed by atoms with E-state index in [1.807, 2.05) is 18.4 Å². The number of amides is 1. The van der Waals surface area contributed by atoms with E-state index in [4.69, 9.17) is 23.2 Å². The van der Waals surface area contributed by atoms with Crippen LogP contribution in [0.5, 0.6) is 0 Å². The lowest BCUT2D eigenvalue weighted by Gasteiger charge is -2.32. The number of nitrogens with one attached hydrogen (secondary N) is 1. The summed E-state index contributed by atoms with van der Waals surface area (Å²) in [7, 11) is 0. The first-order valence-electron chi connectivity index (χ1n) is 7.20. The maximum Gasteiger partial charge on any atom is 0.253 e. The summed E-state index contributed by atoms with van der Waals surface area (Å²) in [5, 5.41) is 5.67. The summed E-state index contributed by atoms with van der Waals surface area (Å²) in [5.74, 6) is -0.0797. The van der Waals surface area contributed by atoms with E-state index in [0.717, 1.165) is 21.2 Å². The average molecular weight is 354 g/mol. The summed E-state index contributed by atoms with van der Waals surface area (Å²) in [6.45, 7) is 5.96. The lowest BCUT2D eigenvalue weighted by molar-refractivity contribution is 0.0934. The normalized spacial score (nSPS) is 25.4. The SMILES string of the molecule is C=C1CC(Cl)C(NC(=O)c2csc3ccc(C)cc23)CC1Cl. The molecule has 3 rings (SSSR count). The van der Waals surface area contributed by atoms with Gasteiger partial charge in [0, 0.05) is 21.5 Å². The van der Waals surface area contributed by atoms with Gasteiger partial charge in [-0.25, -0.2) is 0 Å². The Morgan fingerprint density at radius 2 is 2.18 bits per heavy atom. The molecule has 1 fully saturated rings. The average Bonchev–Trinajstić information content (AvgIpc) is 2.87. The quantitative estimate of drug-likeness (QED) is 0.605. The highest BCUT2D eigenvalue weighted by Crippen LogP contribution is 2.32. The first kappa shape index (κ1) is 15.9. The molecule has 3 atom stereocenters. The number of fused-ring (bicyclic) bond motifs is 1. The molecular weight excluding hydrogens is 337 g/mol. The third kappa shape index (κ3) is 3.03. The molecule has 116 valence electrons. The van der Waals surface area contributed by atoms with Gasteiger partial charge in [-0.1, -0.05) is 23.8 Å². The molecule has 1 aliphatic carbocycles. The molecular formula is C17H17Cl2NOS. The van der Waals surface area contributed by atoms with Gasteiger partial charge in [-0.3, -0.25) is 4.79 Å². The summed E-state index contributed by atoms with van der Waals surface area (Å²) >= 11 is 14.2. The Labute approximate surface area is 144 Å².